The minimum Gasteiger partial charge on any atom is -0.444 e. The Bertz CT molecular complexity index is 2010. The van der Waals surface area contributed by atoms with Crippen LogP contribution in [0.2, 0.25) is 0 Å². The largest absolute Gasteiger partial charge is 0.444 e. The van der Waals surface area contributed by atoms with Gasteiger partial charge >= 0.3 is 24.3 Å². The number of alkyl carbamates (subject to hydrolysis) is 2. The summed E-state index contributed by atoms with van der Waals surface area (Å²) in [6.07, 6.45) is -0.723. The maximum Gasteiger partial charge on any atom is 0.414 e. The molecular formula is C41H49N5O9. The lowest BCUT2D eigenvalue weighted by atomic mass is 9.83. The number of nitrogens with zero attached hydrogens (tertiary/aromatic N) is 1. The van der Waals surface area contributed by atoms with Crippen molar-refractivity contribution in [2.75, 3.05) is 0 Å². The second-order valence-corrected chi connectivity index (χ2v) is 15.7. The molecule has 0 aliphatic heterocycles. The van der Waals surface area contributed by atoms with Gasteiger partial charge in [0.05, 0.1) is 11.3 Å². The minimum absolute atomic E-state index is 0.114. The second-order valence-electron chi connectivity index (χ2n) is 15.7. The number of benzene rings is 3. The van der Waals surface area contributed by atoms with E-state index in [1.165, 1.54) is 29.8 Å². The molecule has 0 aliphatic rings. The molecule has 4 rings (SSSR count). The Labute approximate surface area is 320 Å². The molecule has 0 radical (unpaired) electrons. The number of rotatable bonds is 7. The number of fused-ring (bicyclic) bond motifs is 1. The highest BCUT2D eigenvalue weighted by Gasteiger charge is 2.28. The van der Waals surface area contributed by atoms with Crippen LogP contribution in [0, 0.1) is 12.3 Å². The van der Waals surface area contributed by atoms with E-state index in [1.807, 2.05) is 6.92 Å². The van der Waals surface area contributed by atoms with Crippen LogP contribution in [0.15, 0.2) is 77.8 Å². The molecule has 0 spiro atoms. The first-order valence-electron chi connectivity index (χ1n) is 17.4. The number of ether oxygens (including phenoxy) is 3. The van der Waals surface area contributed by atoms with Gasteiger partial charge in [-0.25, -0.2) is 19.4 Å². The summed E-state index contributed by atoms with van der Waals surface area (Å²) in [5.74, 6) is -0.796. The van der Waals surface area contributed by atoms with Crippen LogP contribution in [0.4, 0.5) is 15.3 Å². The normalized spacial score (nSPS) is 11.8. The Hall–Kier alpha value is -6.27. The number of aromatic nitrogens is 1. The van der Waals surface area contributed by atoms with E-state index in [2.05, 4.69) is 71.0 Å². The van der Waals surface area contributed by atoms with E-state index in [9.17, 15) is 19.2 Å². The summed E-state index contributed by atoms with van der Waals surface area (Å²) in [7, 11) is 0. The fraction of sp³-hybridized carbons (Fsp3) is 0.366. The van der Waals surface area contributed by atoms with E-state index < -0.39 is 29.4 Å². The summed E-state index contributed by atoms with van der Waals surface area (Å²) in [4.78, 5) is 75.0. The number of amides is 3. The summed E-state index contributed by atoms with van der Waals surface area (Å²) in [5, 5.41) is 8.82. The molecule has 4 N–H and O–H groups in total. The first-order chi connectivity index (χ1) is 25.5. The van der Waals surface area contributed by atoms with Gasteiger partial charge in [-0.15, -0.1) is 0 Å². The van der Waals surface area contributed by atoms with Crippen molar-refractivity contribution in [3.05, 3.63) is 95.2 Å². The van der Waals surface area contributed by atoms with Crippen LogP contribution in [0.25, 0.3) is 10.9 Å². The summed E-state index contributed by atoms with van der Waals surface area (Å²) in [6.45, 7) is 18.6. The van der Waals surface area contributed by atoms with E-state index in [4.69, 9.17) is 23.8 Å². The molecule has 0 fully saturated rings. The van der Waals surface area contributed by atoms with E-state index in [-0.39, 0.29) is 40.8 Å². The molecule has 0 saturated carbocycles. The van der Waals surface area contributed by atoms with Crippen molar-refractivity contribution in [1.82, 2.24) is 20.9 Å². The van der Waals surface area contributed by atoms with Crippen molar-refractivity contribution in [1.29, 1.82) is 0 Å². The molecule has 55 heavy (non-hydrogen) atoms. The zero-order valence-corrected chi connectivity index (χ0v) is 32.8. The lowest BCUT2D eigenvalue weighted by Gasteiger charge is -2.31. The Morgan fingerprint density at radius 1 is 0.764 bits per heavy atom. The molecule has 3 aromatic carbocycles. The van der Waals surface area contributed by atoms with Crippen molar-refractivity contribution < 1.29 is 43.0 Å². The fourth-order valence-corrected chi connectivity index (χ4v) is 4.92. The standard InChI is InChI=1S/C40H49N5O7.CO2/c1-24-11-13-25(14-12-24)21-32(38(2,3)4)43-33(46)31-22-27-17-20-29(23-30(27)42-31)50-34(47)26-15-18-28(19-16-26)41-35(44-36(48)51-39(5,6)7)45-37(49)52-40(8,9)10;2-1-3/h11-20,22-23,32,42H,21H2,1-10H3,(H,43,46)(H2,41,44,45,48,49);/t32-;/m0./s1. The minimum atomic E-state index is -0.832. The van der Waals surface area contributed by atoms with Gasteiger partial charge in [0, 0.05) is 23.0 Å². The number of aromatic amines is 1. The number of nitrogens with one attached hydrogen (secondary N) is 4. The van der Waals surface area contributed by atoms with E-state index in [0.29, 0.717) is 23.3 Å². The predicted octanol–water partition coefficient (Wildman–Crippen LogP) is 7.54. The molecule has 1 atom stereocenters. The van der Waals surface area contributed by atoms with Crippen LogP contribution in [0.3, 0.4) is 0 Å². The molecule has 0 saturated heterocycles. The van der Waals surface area contributed by atoms with Gasteiger partial charge < -0.3 is 24.5 Å². The van der Waals surface area contributed by atoms with Crippen molar-refractivity contribution >= 4 is 52.8 Å². The summed E-state index contributed by atoms with van der Waals surface area (Å²) >= 11 is 0. The summed E-state index contributed by atoms with van der Waals surface area (Å²) in [5.41, 5.74) is 2.14. The Kier molecular flexibility index (Phi) is 14.3. The van der Waals surface area contributed by atoms with E-state index in [1.54, 1.807) is 65.8 Å². The van der Waals surface area contributed by atoms with E-state index in [0.717, 1.165) is 10.9 Å². The molecule has 1 aromatic heterocycles. The molecule has 0 aliphatic carbocycles. The average Bonchev–Trinajstić information content (AvgIpc) is 3.47. The topological polar surface area (TPSA) is 194 Å². The fourth-order valence-electron chi connectivity index (χ4n) is 4.92. The molecule has 3 amide bonds. The summed E-state index contributed by atoms with van der Waals surface area (Å²) in [6, 6.07) is 21.1. The highest BCUT2D eigenvalue weighted by molar-refractivity contribution is 6.02. The van der Waals surface area contributed by atoms with Gasteiger partial charge in [0.2, 0.25) is 5.96 Å². The number of H-pyrrole nitrogens is 1. The molecule has 292 valence electrons. The number of aliphatic imine (C=N–C) groups is 1. The average molecular weight is 756 g/mol. The van der Waals surface area contributed by atoms with Crippen LogP contribution in [-0.4, -0.2) is 58.4 Å². The molecule has 14 nitrogen and oxygen atoms in total. The quantitative estimate of drug-likeness (QED) is 0.0638. The van der Waals surface area contributed by atoms with E-state index >= 15 is 0 Å². The molecule has 4 aromatic rings. The Morgan fingerprint density at radius 3 is 1.82 bits per heavy atom. The molecule has 0 unspecified atom stereocenters. The zero-order chi connectivity index (χ0) is 41.1. The maximum atomic E-state index is 13.4. The van der Waals surface area contributed by atoms with Gasteiger partial charge in [-0.05, 0) is 108 Å². The van der Waals surface area contributed by atoms with Crippen molar-refractivity contribution in [2.24, 2.45) is 10.4 Å². The number of hydrogen-bond donors (Lipinski definition) is 4. The first kappa shape index (κ1) is 43.1. The third kappa shape index (κ3) is 14.6. The van der Waals surface area contributed by atoms with Crippen LogP contribution < -0.4 is 20.7 Å². The first-order valence-corrected chi connectivity index (χ1v) is 17.4. The lowest BCUT2D eigenvalue weighted by Crippen LogP contribution is -2.47. The third-order valence-corrected chi connectivity index (χ3v) is 7.54. The number of carbonyl (C=O) groups excluding carboxylic acids is 6. The smallest absolute Gasteiger partial charge is 0.414 e. The van der Waals surface area contributed by atoms with Gasteiger partial charge in [0.25, 0.3) is 5.91 Å². The molecule has 0 bridgehead atoms. The van der Waals surface area contributed by atoms with Gasteiger partial charge in [-0.2, -0.15) is 9.59 Å². The summed E-state index contributed by atoms with van der Waals surface area (Å²) < 4.78 is 16.2. The van der Waals surface area contributed by atoms with Crippen molar-refractivity contribution in [3.63, 3.8) is 0 Å². The van der Waals surface area contributed by atoms with Crippen LogP contribution in [0.5, 0.6) is 5.75 Å². The third-order valence-electron chi connectivity index (χ3n) is 7.54. The van der Waals surface area contributed by atoms with Crippen molar-refractivity contribution in [2.45, 2.75) is 92.9 Å². The zero-order valence-electron chi connectivity index (χ0n) is 32.8. The lowest BCUT2D eigenvalue weighted by molar-refractivity contribution is -0.191. The SMILES string of the molecule is Cc1ccc(C[C@H](NC(=O)c2cc3ccc(OC(=O)c4ccc(N=C(NC(=O)OC(C)(C)C)NC(=O)OC(C)(C)C)cc4)cc3[nH]2)C(C)(C)C)cc1.O=C=O. The second kappa shape index (κ2) is 18.2. The molecule has 14 heteroatoms. The van der Waals surface area contributed by atoms with Gasteiger partial charge in [0.15, 0.2) is 0 Å². The highest BCUT2D eigenvalue weighted by atomic mass is 16.6. The monoisotopic (exact) mass is 755 g/mol. The number of hydrogen-bond acceptors (Lipinski definition) is 10. The number of carbonyl (C=O) groups is 4. The number of esters is 1. The Balaban J connectivity index is 0.00000262. The van der Waals surface area contributed by atoms with Crippen molar-refractivity contribution in [3.8, 4) is 5.75 Å². The Morgan fingerprint density at radius 2 is 1.31 bits per heavy atom. The predicted molar refractivity (Wildman–Crippen MR) is 206 cm³/mol. The highest BCUT2D eigenvalue weighted by Crippen LogP contribution is 2.26. The van der Waals surface area contributed by atoms with Crippen LogP contribution >= 0.6 is 0 Å². The number of guanidine groups is 1. The number of aryl methyl sites for hydroxylation is 1. The van der Waals surface area contributed by atoms with Crippen LogP contribution in [0.1, 0.15) is 94.3 Å². The van der Waals surface area contributed by atoms with Gasteiger partial charge in [0.1, 0.15) is 22.6 Å². The van der Waals surface area contributed by atoms with Crippen LogP contribution in [-0.2, 0) is 25.5 Å². The molecular weight excluding hydrogens is 706 g/mol. The maximum absolute atomic E-state index is 13.4. The molecule has 1 heterocycles. The van der Waals surface area contributed by atoms with Gasteiger partial charge in [-0.3, -0.25) is 15.4 Å². The van der Waals surface area contributed by atoms with Gasteiger partial charge in [-0.1, -0.05) is 50.6 Å².